The first kappa shape index (κ1) is 22.5. The average Bonchev–Trinajstić information content (AvgIpc) is 3.41. The summed E-state index contributed by atoms with van der Waals surface area (Å²) in [6, 6.07) is 0. The number of alkyl halides is 2. The summed E-state index contributed by atoms with van der Waals surface area (Å²) in [5.41, 5.74) is -1.05. The molecule has 34 heavy (non-hydrogen) atoms. The summed E-state index contributed by atoms with van der Waals surface area (Å²) >= 11 is 5.91. The molecular formula is C22H25ClF2N6O2S. The zero-order valence-corrected chi connectivity index (χ0v) is 20.0. The standard InChI is InChI=1S/C22H25ClF2N6O2S/c23-15-6-26-18(27-7-15)12-4-13-8-31(9-14(13)5-12)20-28-17-16(34(33)11-22(17,24)25)19(29-20)30-21(10-32)2-1-3-21/h6-7,12-14,32H,1-5,8-11H2,(H,28,29,30). The number of halogens is 3. The Labute approximate surface area is 203 Å². The molecule has 8 nitrogen and oxygen atoms in total. The molecule has 0 radical (unpaired) electrons. The summed E-state index contributed by atoms with van der Waals surface area (Å²) in [5.74, 6) is -1.87. The lowest BCUT2D eigenvalue weighted by molar-refractivity contribution is 0.0191. The van der Waals surface area contributed by atoms with Crippen LogP contribution in [-0.2, 0) is 16.7 Å². The lowest BCUT2D eigenvalue weighted by Gasteiger charge is -2.41. The van der Waals surface area contributed by atoms with Gasteiger partial charge in [-0.3, -0.25) is 4.21 Å². The Hall–Kier alpha value is -1.98. The van der Waals surface area contributed by atoms with Crippen molar-refractivity contribution in [2.75, 3.05) is 35.7 Å². The predicted octanol–water partition coefficient (Wildman–Crippen LogP) is 3.09. The maximum atomic E-state index is 14.7. The first-order valence-corrected chi connectivity index (χ1v) is 13.3. The predicted molar refractivity (Wildman–Crippen MR) is 123 cm³/mol. The zero-order chi connectivity index (χ0) is 23.7. The lowest BCUT2D eigenvalue weighted by atomic mass is 9.77. The lowest BCUT2D eigenvalue weighted by Crippen LogP contribution is -2.48. The second-order valence-corrected chi connectivity index (χ2v) is 11.8. The van der Waals surface area contributed by atoms with Crippen LogP contribution in [0.15, 0.2) is 17.3 Å². The van der Waals surface area contributed by atoms with Crippen molar-refractivity contribution in [3.8, 4) is 0 Å². The van der Waals surface area contributed by atoms with Crippen LogP contribution in [0.2, 0.25) is 5.02 Å². The van der Waals surface area contributed by atoms with Gasteiger partial charge in [0.05, 0.1) is 33.7 Å². The summed E-state index contributed by atoms with van der Waals surface area (Å²) in [6.07, 6.45) is 7.40. The maximum absolute atomic E-state index is 14.7. The van der Waals surface area contributed by atoms with E-state index in [4.69, 9.17) is 11.6 Å². The SMILES string of the molecule is O=S1CC(F)(F)c2nc(N3CC4CC(c5ncc(Cl)cn5)CC4C3)nc(NC3(CO)CCC3)c21. The molecule has 3 atom stereocenters. The van der Waals surface area contributed by atoms with Gasteiger partial charge in [0.2, 0.25) is 5.95 Å². The zero-order valence-electron chi connectivity index (χ0n) is 18.4. The fourth-order valence-corrected chi connectivity index (χ4v) is 7.25. The molecule has 12 heteroatoms. The van der Waals surface area contributed by atoms with E-state index in [0.29, 0.717) is 42.8 Å². The van der Waals surface area contributed by atoms with Crippen molar-refractivity contribution < 1.29 is 18.1 Å². The number of aromatic nitrogens is 4. The van der Waals surface area contributed by atoms with Gasteiger partial charge in [-0.2, -0.15) is 13.8 Å². The van der Waals surface area contributed by atoms with Crippen molar-refractivity contribution in [1.29, 1.82) is 0 Å². The minimum atomic E-state index is -3.27. The van der Waals surface area contributed by atoms with Crippen LogP contribution in [0.5, 0.6) is 0 Å². The summed E-state index contributed by atoms with van der Waals surface area (Å²) in [6.45, 7) is 1.19. The highest BCUT2D eigenvalue weighted by atomic mass is 35.5. The molecule has 2 aliphatic carbocycles. The molecule has 2 aliphatic heterocycles. The molecular weight excluding hydrogens is 486 g/mol. The molecule has 0 spiro atoms. The second-order valence-electron chi connectivity index (χ2n) is 10.0. The molecule has 0 aromatic carbocycles. The van der Waals surface area contributed by atoms with E-state index in [1.54, 1.807) is 12.4 Å². The average molecular weight is 511 g/mol. The number of hydrogen-bond donors (Lipinski definition) is 2. The minimum absolute atomic E-state index is 0.0205. The molecule has 3 unspecified atom stereocenters. The van der Waals surface area contributed by atoms with Crippen molar-refractivity contribution >= 4 is 34.2 Å². The highest BCUT2D eigenvalue weighted by Gasteiger charge is 2.50. The third-order valence-corrected chi connectivity index (χ3v) is 9.44. The summed E-state index contributed by atoms with van der Waals surface area (Å²) in [7, 11) is -1.90. The number of rotatable bonds is 5. The first-order valence-electron chi connectivity index (χ1n) is 11.6. The van der Waals surface area contributed by atoms with Gasteiger partial charge in [-0.1, -0.05) is 11.6 Å². The van der Waals surface area contributed by atoms with Crippen molar-refractivity contribution in [2.24, 2.45) is 11.8 Å². The molecule has 4 aliphatic rings. The Bertz CT molecular complexity index is 1130. The van der Waals surface area contributed by atoms with Gasteiger partial charge in [-0.25, -0.2) is 15.0 Å². The number of fused-ring (bicyclic) bond motifs is 2. The van der Waals surface area contributed by atoms with E-state index < -0.39 is 33.7 Å². The number of aliphatic hydroxyl groups is 1. The van der Waals surface area contributed by atoms with Gasteiger partial charge in [0.15, 0.2) is 0 Å². The Morgan fingerprint density at radius 2 is 1.85 bits per heavy atom. The largest absolute Gasteiger partial charge is 0.394 e. The van der Waals surface area contributed by atoms with Crippen LogP contribution >= 0.6 is 11.6 Å². The molecule has 2 aromatic rings. The van der Waals surface area contributed by atoms with Gasteiger partial charge in [0.25, 0.3) is 0 Å². The van der Waals surface area contributed by atoms with Crippen LogP contribution in [0, 0.1) is 11.8 Å². The van der Waals surface area contributed by atoms with Crippen molar-refractivity contribution in [2.45, 2.75) is 54.4 Å². The van der Waals surface area contributed by atoms with E-state index in [9.17, 15) is 18.1 Å². The van der Waals surface area contributed by atoms with Crippen molar-refractivity contribution in [3.05, 3.63) is 28.9 Å². The van der Waals surface area contributed by atoms with Crippen LogP contribution < -0.4 is 10.2 Å². The Balaban J connectivity index is 1.27. The molecule has 2 aromatic heterocycles. The van der Waals surface area contributed by atoms with Gasteiger partial charge in [0.1, 0.15) is 22.2 Å². The maximum Gasteiger partial charge on any atom is 0.302 e. The number of anilines is 2. The van der Waals surface area contributed by atoms with Crippen LogP contribution in [0.1, 0.15) is 49.5 Å². The number of nitrogens with one attached hydrogen (secondary N) is 1. The summed E-state index contributed by atoms with van der Waals surface area (Å²) in [4.78, 5) is 19.5. The molecule has 0 amide bonds. The molecule has 3 fully saturated rings. The molecule has 182 valence electrons. The molecule has 0 bridgehead atoms. The van der Waals surface area contributed by atoms with E-state index in [0.717, 1.165) is 25.1 Å². The molecule has 2 saturated carbocycles. The normalized spacial score (nSPS) is 30.6. The van der Waals surface area contributed by atoms with Gasteiger partial charge < -0.3 is 15.3 Å². The van der Waals surface area contributed by atoms with Crippen LogP contribution in [0.25, 0.3) is 0 Å². The quantitative estimate of drug-likeness (QED) is 0.632. The third-order valence-electron chi connectivity index (χ3n) is 7.78. The van der Waals surface area contributed by atoms with E-state index in [-0.39, 0.29) is 29.2 Å². The summed E-state index contributed by atoms with van der Waals surface area (Å²) < 4.78 is 42.1. The number of hydrogen-bond acceptors (Lipinski definition) is 8. The Morgan fingerprint density at radius 3 is 2.44 bits per heavy atom. The highest BCUT2D eigenvalue weighted by molar-refractivity contribution is 7.85. The Morgan fingerprint density at radius 1 is 1.18 bits per heavy atom. The van der Waals surface area contributed by atoms with E-state index in [1.807, 2.05) is 4.90 Å². The highest BCUT2D eigenvalue weighted by Crippen LogP contribution is 2.48. The third kappa shape index (κ3) is 3.67. The second kappa shape index (κ2) is 8.03. The van der Waals surface area contributed by atoms with E-state index in [2.05, 4.69) is 25.3 Å². The van der Waals surface area contributed by atoms with E-state index in [1.165, 1.54) is 0 Å². The van der Waals surface area contributed by atoms with Gasteiger partial charge >= 0.3 is 5.92 Å². The smallest absolute Gasteiger partial charge is 0.302 e. The topological polar surface area (TPSA) is 104 Å². The number of nitrogens with zero attached hydrogens (tertiary/aromatic N) is 5. The van der Waals surface area contributed by atoms with Crippen LogP contribution in [0.4, 0.5) is 20.5 Å². The van der Waals surface area contributed by atoms with Crippen LogP contribution in [0.3, 0.4) is 0 Å². The monoisotopic (exact) mass is 510 g/mol. The van der Waals surface area contributed by atoms with Gasteiger partial charge in [0, 0.05) is 31.4 Å². The molecule has 6 rings (SSSR count). The minimum Gasteiger partial charge on any atom is -0.394 e. The van der Waals surface area contributed by atoms with Crippen LogP contribution in [-0.4, -0.2) is 60.2 Å². The fourth-order valence-electron chi connectivity index (χ4n) is 5.82. The fraction of sp³-hybridized carbons (Fsp3) is 0.636. The van der Waals surface area contributed by atoms with Gasteiger partial charge in [-0.15, -0.1) is 0 Å². The number of aliphatic hydroxyl groups excluding tert-OH is 1. The first-order chi connectivity index (χ1) is 16.3. The van der Waals surface area contributed by atoms with Crippen molar-refractivity contribution in [1.82, 2.24) is 19.9 Å². The molecule has 4 heterocycles. The van der Waals surface area contributed by atoms with Gasteiger partial charge in [-0.05, 0) is 43.9 Å². The Kier molecular flexibility index (Phi) is 5.31. The van der Waals surface area contributed by atoms with Crippen molar-refractivity contribution in [3.63, 3.8) is 0 Å². The van der Waals surface area contributed by atoms with E-state index >= 15 is 0 Å². The summed E-state index contributed by atoms with van der Waals surface area (Å²) in [5, 5.41) is 13.6. The molecule has 1 saturated heterocycles. The molecule has 2 N–H and O–H groups in total.